The molecule has 4 heterocycles. The number of aliphatic hydroxyl groups is 1. The van der Waals surface area contributed by atoms with Gasteiger partial charge in [0.05, 0.1) is 72.0 Å². The average Bonchev–Trinajstić information content (AvgIpc) is 1.72. The highest BCUT2D eigenvalue weighted by Gasteiger charge is 2.43. The van der Waals surface area contributed by atoms with Crippen molar-refractivity contribution in [1.29, 1.82) is 0 Å². The van der Waals surface area contributed by atoms with E-state index in [1.54, 1.807) is 90.0 Å². The van der Waals surface area contributed by atoms with Gasteiger partial charge in [-0.05, 0) is 142 Å². The molecule has 20 N–H and O–H groups in total. The number of nitrogens with zero attached hydrogens (tertiary/aromatic N) is 6. The molecule has 137 heavy (non-hydrogen) atoms. The number of likely N-dealkylation sites (N-methyl/N-ethyl adjacent to an activating group) is 2. The minimum absolute atomic E-state index is 0.00560. The molecule has 0 bridgehead atoms. The quantitative estimate of drug-likeness (QED) is 0.0192. The third-order valence-electron chi connectivity index (χ3n) is 24.6. The first kappa shape index (κ1) is 111. The molecule has 12 atom stereocenters. The summed E-state index contributed by atoms with van der Waals surface area (Å²) >= 11 is 6.40. The van der Waals surface area contributed by atoms with Crippen molar-refractivity contribution in [2.24, 2.45) is 51.9 Å². The number of ether oxygens (including phenoxy) is 3. The van der Waals surface area contributed by atoms with Gasteiger partial charge in [0.15, 0.2) is 0 Å². The number of carbonyl (C=O) groups excluding carboxylic acids is 12. The van der Waals surface area contributed by atoms with Gasteiger partial charge in [0, 0.05) is 138 Å². The van der Waals surface area contributed by atoms with Gasteiger partial charge < -0.3 is 109 Å². The predicted molar refractivity (Wildman–Crippen MR) is 520 cm³/mol. The lowest BCUT2D eigenvalue weighted by Gasteiger charge is -2.40. The molecule has 2 aliphatic rings. The number of primary sulfonamides is 1. The number of amides is 13. The molecule has 4 aromatic carbocycles. The Balaban J connectivity index is 0.859. The Morgan fingerprint density at radius 3 is 2.06 bits per heavy atom. The number of aromatic amines is 1. The third kappa shape index (κ3) is 32.5. The summed E-state index contributed by atoms with van der Waals surface area (Å²) in [7, 11) is -0.0919. The summed E-state index contributed by atoms with van der Waals surface area (Å²) in [5.74, 6) is -9.82. The van der Waals surface area contributed by atoms with Crippen LogP contribution in [0.25, 0.3) is 33.5 Å². The predicted octanol–water partition coefficient (Wildman–Crippen LogP) is 6.09. The molecule has 39 nitrogen and oxygen atoms in total. The van der Waals surface area contributed by atoms with Crippen LogP contribution in [0.3, 0.4) is 0 Å². The van der Waals surface area contributed by atoms with Crippen LogP contribution in [-0.4, -0.2) is 267 Å². The van der Waals surface area contributed by atoms with Crippen molar-refractivity contribution in [2.75, 3.05) is 108 Å². The molecule has 6 aromatic rings. The molecular formula is C95H139ClFN21O18S. The van der Waals surface area contributed by atoms with Crippen LogP contribution in [0, 0.1) is 42.3 Å². The minimum Gasteiger partial charge on any atom is -0.445 e. The number of benzene rings is 4. The number of H-pyrrole nitrogens is 1. The number of aromatic nitrogens is 3. The number of likely N-dealkylation sites (tertiary alicyclic amines) is 1. The van der Waals surface area contributed by atoms with Gasteiger partial charge in [0.2, 0.25) is 63.2 Å². The van der Waals surface area contributed by atoms with Crippen LogP contribution in [0.1, 0.15) is 173 Å². The van der Waals surface area contributed by atoms with Gasteiger partial charge in [-0.3, -0.25) is 52.8 Å². The van der Waals surface area contributed by atoms with Crippen LogP contribution in [0.15, 0.2) is 91.1 Å². The second-order valence-corrected chi connectivity index (χ2v) is 38.5. The van der Waals surface area contributed by atoms with E-state index >= 15 is 4.39 Å². The molecule has 0 aliphatic carbocycles. The molecule has 2 fully saturated rings. The number of urea groups is 1. The first-order chi connectivity index (χ1) is 64.9. The van der Waals surface area contributed by atoms with E-state index in [0.717, 1.165) is 17.0 Å². The van der Waals surface area contributed by atoms with Gasteiger partial charge >= 0.3 is 12.1 Å². The number of halogens is 2. The first-order valence-electron chi connectivity index (χ1n) is 46.7. The third-order valence-corrected chi connectivity index (χ3v) is 25.6. The van der Waals surface area contributed by atoms with E-state index < -0.39 is 172 Å². The number of carbonyl (C=O) groups is 12. The number of primary amides is 1. The summed E-state index contributed by atoms with van der Waals surface area (Å²) < 4.78 is 57.9. The number of methoxy groups -OCH3 is 1. The van der Waals surface area contributed by atoms with Crippen LogP contribution >= 0.6 is 11.6 Å². The van der Waals surface area contributed by atoms with Crippen molar-refractivity contribution < 1.29 is 89.7 Å². The van der Waals surface area contributed by atoms with Crippen molar-refractivity contribution >= 4 is 121 Å². The molecule has 8 rings (SSSR count). The van der Waals surface area contributed by atoms with Crippen LogP contribution in [-0.2, 0) is 74.0 Å². The lowest BCUT2D eigenvalue weighted by molar-refractivity contribution is -0.146. The standard InChI is InChI=1S/C95H139ClFN21O18S/c1-15-57(9)82(74(134-14)49-77(121)118-38-20-23-67(118)45-58(10)87(123)107-59(11)84(122)60-21-17-16-18-22-60)115(12)93(129)80(54(4)5)114-92(128)81(55(6)7)116(13)95(131)136-51-61-25-27-66(48-68(61)88(124)104-35-33-98)108-89(125)71(24-19-34-105-94(100)130)112-91(127)79(53(2)3)113-90(126)73(52-137(101,132)133)109-76(120)32-42-135-41-31-75(119)102-36-37-103-85-78(86-110-70-28-26-63(96)47-72(70)111-86)83(117-39-29-65(99)30-40-117)69(50-106-85)62-43-56(8)44-64(97)46-62/h16-18,21-22,25-28,43-44,46-48,50,53-55,57-59,65,67,71,73-74,79-82,84,122H,15,19-20,23-24,29-42,45,49,51-52,98-99H2,1-14H3,(H,102,119)(H,103,106)(H,104,124)(H,107,123)(H,108,125)(H,109,120)(H,110,111)(H,112,127)(H,113,126)(H,114,128)(H3,100,105,130)(H2,101,132,133)/t57-,58+,59+,67-,71-,73-,74+,79-,80-,81-,82-,84+/m0/s1. The number of hydrogen-bond donors (Lipinski definition) is 16. The summed E-state index contributed by atoms with van der Waals surface area (Å²) in [4.78, 5) is 187. The largest absolute Gasteiger partial charge is 0.445 e. The molecular weight excluding hydrogens is 1810 g/mol. The van der Waals surface area contributed by atoms with E-state index in [1.165, 1.54) is 63.2 Å². The van der Waals surface area contributed by atoms with Crippen LogP contribution in [0.4, 0.5) is 31.2 Å². The first-order valence-corrected chi connectivity index (χ1v) is 48.7. The van der Waals surface area contributed by atoms with Crippen molar-refractivity contribution in [2.45, 2.75) is 220 Å². The Bertz CT molecular complexity index is 5240. The maximum absolute atomic E-state index is 15.1. The number of fused-ring (bicyclic) bond motifs is 1. The lowest BCUT2D eigenvalue weighted by Crippen LogP contribution is -2.60. The topological polar surface area (TPSA) is 566 Å². The van der Waals surface area contributed by atoms with Crippen LogP contribution in [0.2, 0.25) is 5.02 Å². The van der Waals surface area contributed by atoms with E-state index in [1.807, 2.05) is 45.0 Å². The van der Waals surface area contributed by atoms with Crippen molar-refractivity contribution in [1.82, 2.24) is 72.2 Å². The summed E-state index contributed by atoms with van der Waals surface area (Å²) in [6, 6.07) is 13.5. The van der Waals surface area contributed by atoms with Gasteiger partial charge in [0.1, 0.15) is 54.3 Å². The van der Waals surface area contributed by atoms with E-state index in [-0.39, 0.29) is 118 Å². The normalized spacial score (nSPS) is 15.9. The fourth-order valence-corrected chi connectivity index (χ4v) is 17.9. The Morgan fingerprint density at radius 1 is 0.730 bits per heavy atom. The van der Waals surface area contributed by atoms with Crippen LogP contribution in [0.5, 0.6) is 0 Å². The number of anilines is 3. The van der Waals surface area contributed by atoms with Gasteiger partial charge in [0.25, 0.3) is 5.91 Å². The van der Waals surface area contributed by atoms with E-state index in [2.05, 4.69) is 63.1 Å². The molecule has 752 valence electrons. The Kier molecular flexibility index (Phi) is 42.5. The number of nitrogens with two attached hydrogens (primary N) is 4. The average molecular weight is 1950 g/mol. The van der Waals surface area contributed by atoms with Gasteiger partial charge in [-0.1, -0.05) is 123 Å². The number of aryl methyl sites for hydroxylation is 1. The molecule has 0 radical (unpaired) electrons. The lowest BCUT2D eigenvalue weighted by atomic mass is 9.89. The number of hydrogen-bond acceptors (Lipinski definition) is 24. The fraction of sp³-hybridized carbons (Fsp3) is 0.558. The van der Waals surface area contributed by atoms with Gasteiger partial charge in [-0.25, -0.2) is 37.5 Å². The number of pyridine rings is 1. The maximum Gasteiger partial charge on any atom is 0.410 e. The molecule has 0 spiro atoms. The highest BCUT2D eigenvalue weighted by Crippen LogP contribution is 2.44. The summed E-state index contributed by atoms with van der Waals surface area (Å²) in [6.45, 7) is 20.1. The van der Waals surface area contributed by atoms with Gasteiger partial charge in [-0.2, -0.15) is 0 Å². The van der Waals surface area contributed by atoms with Gasteiger partial charge in [-0.15, -0.1) is 0 Å². The second-order valence-electron chi connectivity index (χ2n) is 36.4. The summed E-state index contributed by atoms with van der Waals surface area (Å²) in [6.07, 6.45) is 1.89. The number of nitrogens with one attached hydrogen (secondary N) is 11. The van der Waals surface area contributed by atoms with Crippen LogP contribution < -0.4 is 80.4 Å². The van der Waals surface area contributed by atoms with E-state index in [0.29, 0.717) is 107 Å². The highest BCUT2D eigenvalue weighted by molar-refractivity contribution is 7.89. The molecule has 0 saturated carbocycles. The van der Waals surface area contributed by atoms with E-state index in [9.17, 15) is 71.1 Å². The number of piperidine rings is 1. The summed E-state index contributed by atoms with van der Waals surface area (Å²) in [5.41, 5.74) is 22.8. The van der Waals surface area contributed by atoms with Crippen molar-refractivity contribution in [3.63, 3.8) is 0 Å². The fourth-order valence-electron chi connectivity index (χ4n) is 17.0. The monoisotopic (exact) mass is 1950 g/mol. The molecule has 42 heteroatoms. The Hall–Kier alpha value is -11.7. The minimum atomic E-state index is -4.52. The number of aliphatic hydroxyl groups excluding tert-OH is 1. The van der Waals surface area contributed by atoms with E-state index in [4.69, 9.17) is 58.1 Å². The molecule has 0 unspecified atom stereocenters. The molecule has 2 aromatic heterocycles. The number of imidazole rings is 1. The zero-order chi connectivity index (χ0) is 101. The zero-order valence-corrected chi connectivity index (χ0v) is 82.3. The molecule has 13 amide bonds. The smallest absolute Gasteiger partial charge is 0.410 e. The number of sulfonamides is 1. The summed E-state index contributed by atoms with van der Waals surface area (Å²) in [5, 5.41) is 44.1. The molecule has 2 aliphatic heterocycles. The van der Waals surface area contributed by atoms with Crippen molar-refractivity contribution in [3.8, 4) is 22.5 Å². The van der Waals surface area contributed by atoms with Crippen molar-refractivity contribution in [3.05, 3.63) is 124 Å². The second kappa shape index (κ2) is 52.7. The Morgan fingerprint density at radius 2 is 1.42 bits per heavy atom. The number of rotatable bonds is 51. The molecule has 2 saturated heterocycles. The Labute approximate surface area is 805 Å². The zero-order valence-electron chi connectivity index (χ0n) is 80.7. The maximum atomic E-state index is 15.1. The SMILES string of the molecule is CC[C@H](C)[C@@H]([C@@H](CC(=O)N1CCC[C@H]1C[C@@H](C)C(=O)N[C@H](C)[C@@H](O)c1ccccc1)OC)N(C)C(=O)[C@@H](NC(=O)[C@H](C(C)C)N(C)C(=O)OCc1ccc(NC(=O)[C@H](CCCNC(N)=O)NC(=O)[C@@H](NC(=O)[C@H](CS(N)(=O)=O)NC(=O)CCOCCC(=O)NCCNc2ncc(-c3cc(C)cc(F)c3)c(N3CCC(N)CC3)c2-c2nc3ccc(Cl)cc3[nH]2)C(C)C)cc1C(=O)NCCN)C(C)C. The highest BCUT2D eigenvalue weighted by atomic mass is 35.5.